The van der Waals surface area contributed by atoms with Gasteiger partial charge in [-0.25, -0.2) is 8.78 Å². The van der Waals surface area contributed by atoms with Crippen molar-refractivity contribution in [1.82, 2.24) is 5.32 Å². The van der Waals surface area contributed by atoms with Crippen molar-refractivity contribution in [2.24, 2.45) is 0 Å². The van der Waals surface area contributed by atoms with Crippen LogP contribution in [0, 0.1) is 0 Å². The molecular formula is C11H14ClF2NO2. The van der Waals surface area contributed by atoms with Gasteiger partial charge in [0, 0.05) is 6.54 Å². The number of rotatable bonds is 6. The van der Waals surface area contributed by atoms with Crippen molar-refractivity contribution in [3.05, 3.63) is 22.7 Å². The normalized spacial score (nSPS) is 10.7. The van der Waals surface area contributed by atoms with E-state index in [4.69, 9.17) is 21.1 Å². The van der Waals surface area contributed by atoms with Crippen molar-refractivity contribution >= 4 is 11.6 Å². The topological polar surface area (TPSA) is 30.5 Å². The summed E-state index contributed by atoms with van der Waals surface area (Å²) in [6, 6.07) is 3.35. The summed E-state index contributed by atoms with van der Waals surface area (Å²) in [6.45, 7) is -0.105. The Morgan fingerprint density at radius 3 is 2.65 bits per heavy atom. The Labute approximate surface area is 104 Å². The summed E-state index contributed by atoms with van der Waals surface area (Å²) in [4.78, 5) is 0. The lowest BCUT2D eigenvalue weighted by molar-refractivity contribution is 0.0805. The molecule has 1 aromatic carbocycles. The van der Waals surface area contributed by atoms with Gasteiger partial charge >= 0.3 is 0 Å². The summed E-state index contributed by atoms with van der Waals surface area (Å²) >= 11 is 5.95. The van der Waals surface area contributed by atoms with E-state index < -0.39 is 13.0 Å². The average molecular weight is 266 g/mol. The highest BCUT2D eigenvalue weighted by Crippen LogP contribution is 2.36. The molecule has 6 heteroatoms. The molecule has 3 nitrogen and oxygen atoms in total. The van der Waals surface area contributed by atoms with Crippen LogP contribution in [0.4, 0.5) is 8.78 Å². The first-order chi connectivity index (χ1) is 8.08. The molecule has 0 spiro atoms. The first-order valence-electron chi connectivity index (χ1n) is 5.00. The summed E-state index contributed by atoms with van der Waals surface area (Å²) in [6.07, 6.45) is -2.55. The molecule has 0 aliphatic rings. The molecule has 0 bridgehead atoms. The molecule has 0 aliphatic carbocycles. The Bertz CT molecular complexity index is 375. The van der Waals surface area contributed by atoms with Crippen LogP contribution < -0.4 is 14.8 Å². The smallest absolute Gasteiger partial charge is 0.272 e. The van der Waals surface area contributed by atoms with Crippen LogP contribution in [0.1, 0.15) is 5.56 Å². The number of benzene rings is 1. The first kappa shape index (κ1) is 14.0. The van der Waals surface area contributed by atoms with Gasteiger partial charge in [-0.15, -0.1) is 0 Å². The van der Waals surface area contributed by atoms with E-state index in [2.05, 4.69) is 5.32 Å². The highest BCUT2D eigenvalue weighted by Gasteiger charge is 2.14. The molecule has 0 unspecified atom stereocenters. The third-order valence-corrected chi connectivity index (χ3v) is 2.30. The summed E-state index contributed by atoms with van der Waals surface area (Å²) in [5, 5.41) is 3.22. The van der Waals surface area contributed by atoms with Crippen molar-refractivity contribution in [3.63, 3.8) is 0 Å². The van der Waals surface area contributed by atoms with Gasteiger partial charge in [-0.1, -0.05) is 11.6 Å². The van der Waals surface area contributed by atoms with E-state index in [9.17, 15) is 8.78 Å². The fourth-order valence-corrected chi connectivity index (χ4v) is 1.65. The highest BCUT2D eigenvalue weighted by atomic mass is 35.5. The monoisotopic (exact) mass is 265 g/mol. The molecule has 17 heavy (non-hydrogen) atoms. The zero-order valence-corrected chi connectivity index (χ0v) is 10.4. The minimum atomic E-state index is -2.55. The van der Waals surface area contributed by atoms with E-state index >= 15 is 0 Å². The molecule has 0 aliphatic heterocycles. The van der Waals surface area contributed by atoms with Gasteiger partial charge in [-0.05, 0) is 24.7 Å². The largest absolute Gasteiger partial charge is 0.493 e. The maximum absolute atomic E-state index is 12.1. The maximum Gasteiger partial charge on any atom is 0.272 e. The summed E-state index contributed by atoms with van der Waals surface area (Å²) in [5.41, 5.74) is 0.888. The van der Waals surface area contributed by atoms with Gasteiger partial charge in [0.25, 0.3) is 6.43 Å². The number of hydrogen-bond acceptors (Lipinski definition) is 3. The van der Waals surface area contributed by atoms with Gasteiger partial charge in [-0.3, -0.25) is 0 Å². The van der Waals surface area contributed by atoms with E-state index in [1.165, 1.54) is 7.11 Å². The third kappa shape index (κ3) is 4.02. The number of hydrogen-bond donors (Lipinski definition) is 1. The van der Waals surface area contributed by atoms with Gasteiger partial charge in [-0.2, -0.15) is 0 Å². The molecular weight excluding hydrogens is 252 g/mol. The van der Waals surface area contributed by atoms with Gasteiger partial charge in [0.2, 0.25) is 0 Å². The fraction of sp³-hybridized carbons (Fsp3) is 0.455. The second-order valence-corrected chi connectivity index (χ2v) is 3.75. The fourth-order valence-electron chi connectivity index (χ4n) is 1.37. The third-order valence-electron chi connectivity index (χ3n) is 2.02. The Hall–Kier alpha value is -1.07. The second-order valence-electron chi connectivity index (χ2n) is 3.34. The number of nitrogens with one attached hydrogen (secondary N) is 1. The predicted octanol–water partition coefficient (Wildman–Crippen LogP) is 2.71. The minimum absolute atomic E-state index is 0.148. The quantitative estimate of drug-likeness (QED) is 0.858. The lowest BCUT2D eigenvalue weighted by Gasteiger charge is -2.13. The molecule has 0 radical (unpaired) electrons. The molecule has 0 atom stereocenters. The Morgan fingerprint density at radius 2 is 2.12 bits per heavy atom. The van der Waals surface area contributed by atoms with E-state index in [1.807, 2.05) is 0 Å². The van der Waals surface area contributed by atoms with E-state index in [-0.39, 0.29) is 10.8 Å². The molecule has 0 heterocycles. The maximum atomic E-state index is 12.1. The Balaban J connectivity index is 2.95. The van der Waals surface area contributed by atoms with Crippen LogP contribution in [0.3, 0.4) is 0 Å². The minimum Gasteiger partial charge on any atom is -0.493 e. The molecule has 0 amide bonds. The zero-order chi connectivity index (χ0) is 12.8. The van der Waals surface area contributed by atoms with E-state index in [0.717, 1.165) is 5.56 Å². The molecule has 0 saturated carbocycles. The lowest BCUT2D eigenvalue weighted by Crippen LogP contribution is -2.09. The number of alkyl halides is 2. The van der Waals surface area contributed by atoms with Crippen LogP contribution >= 0.6 is 11.6 Å². The lowest BCUT2D eigenvalue weighted by atomic mass is 10.2. The van der Waals surface area contributed by atoms with Gasteiger partial charge in [0.05, 0.1) is 12.1 Å². The van der Waals surface area contributed by atoms with E-state index in [1.54, 1.807) is 19.2 Å². The molecule has 0 aromatic heterocycles. The van der Waals surface area contributed by atoms with Crippen LogP contribution in [0.5, 0.6) is 11.5 Å². The number of ether oxygens (including phenoxy) is 2. The van der Waals surface area contributed by atoms with E-state index in [0.29, 0.717) is 12.3 Å². The summed E-state index contributed by atoms with van der Waals surface area (Å²) in [5.74, 6) is 0.498. The first-order valence-corrected chi connectivity index (χ1v) is 5.38. The predicted molar refractivity (Wildman–Crippen MR) is 62.3 cm³/mol. The van der Waals surface area contributed by atoms with Gasteiger partial charge in [0.1, 0.15) is 6.61 Å². The number of halogens is 3. The Kier molecular flexibility index (Phi) is 5.44. The summed E-state index contributed by atoms with van der Waals surface area (Å²) < 4.78 is 34.1. The van der Waals surface area contributed by atoms with Crippen molar-refractivity contribution in [2.75, 3.05) is 20.8 Å². The zero-order valence-electron chi connectivity index (χ0n) is 9.60. The van der Waals surface area contributed by atoms with Crippen molar-refractivity contribution in [2.45, 2.75) is 13.0 Å². The Morgan fingerprint density at radius 1 is 1.41 bits per heavy atom. The van der Waals surface area contributed by atoms with Crippen molar-refractivity contribution in [1.29, 1.82) is 0 Å². The van der Waals surface area contributed by atoms with Gasteiger partial charge < -0.3 is 14.8 Å². The van der Waals surface area contributed by atoms with Crippen LogP contribution in [0.25, 0.3) is 0 Å². The molecule has 0 saturated heterocycles. The molecule has 0 fully saturated rings. The molecule has 1 N–H and O–H groups in total. The summed E-state index contributed by atoms with van der Waals surface area (Å²) in [7, 11) is 3.23. The standard InChI is InChI=1S/C11H14ClF2NO2/c1-15-5-7-3-8(12)11(9(4-7)16-2)17-6-10(13)14/h3-4,10,15H,5-6H2,1-2H3. The van der Waals surface area contributed by atoms with Crippen molar-refractivity contribution < 1.29 is 18.3 Å². The van der Waals surface area contributed by atoms with Gasteiger partial charge in [0.15, 0.2) is 11.5 Å². The SMILES string of the molecule is CNCc1cc(Cl)c(OCC(F)F)c(OC)c1. The van der Waals surface area contributed by atoms with Crippen LogP contribution in [0.15, 0.2) is 12.1 Å². The highest BCUT2D eigenvalue weighted by molar-refractivity contribution is 6.32. The van der Waals surface area contributed by atoms with Crippen LogP contribution in [-0.2, 0) is 6.54 Å². The molecule has 96 valence electrons. The number of methoxy groups -OCH3 is 1. The van der Waals surface area contributed by atoms with Crippen molar-refractivity contribution in [3.8, 4) is 11.5 Å². The average Bonchev–Trinajstić information content (AvgIpc) is 2.27. The molecule has 1 aromatic rings. The second kappa shape index (κ2) is 6.61. The van der Waals surface area contributed by atoms with Crippen LogP contribution in [0.2, 0.25) is 5.02 Å². The molecule has 1 rings (SSSR count). The van der Waals surface area contributed by atoms with Crippen LogP contribution in [-0.4, -0.2) is 27.2 Å².